The van der Waals surface area contributed by atoms with E-state index in [1.165, 1.54) is 42.5 Å². The quantitative estimate of drug-likeness (QED) is 0.503. The molecule has 0 aliphatic carbocycles. The van der Waals surface area contributed by atoms with Crippen LogP contribution in [0.3, 0.4) is 0 Å². The maximum absolute atomic E-state index is 10.9. The first-order chi connectivity index (χ1) is 9.49. The van der Waals surface area contributed by atoms with Crippen LogP contribution in [0, 0.1) is 20.2 Å². The first kappa shape index (κ1) is 13.3. The van der Waals surface area contributed by atoms with E-state index < -0.39 is 21.2 Å². The van der Waals surface area contributed by atoms with Crippen molar-refractivity contribution in [1.82, 2.24) is 0 Å². The molecule has 2 aromatic carbocycles. The molecule has 102 valence electrons. The number of nitro benzene ring substituents is 2. The van der Waals surface area contributed by atoms with Crippen molar-refractivity contribution in [3.05, 3.63) is 62.7 Å². The van der Waals surface area contributed by atoms with Crippen molar-refractivity contribution in [1.29, 1.82) is 0 Å². The van der Waals surface area contributed by atoms with Gasteiger partial charge in [0.1, 0.15) is 5.75 Å². The summed E-state index contributed by atoms with van der Waals surface area (Å²) < 4.78 is 0. The Balaban J connectivity index is 2.50. The summed E-state index contributed by atoms with van der Waals surface area (Å²) in [6, 6.07) is 9.24. The molecule has 0 aliphatic rings. The van der Waals surface area contributed by atoms with Gasteiger partial charge in [-0.2, -0.15) is 0 Å². The van der Waals surface area contributed by atoms with Crippen molar-refractivity contribution in [2.45, 2.75) is 0 Å². The lowest BCUT2D eigenvalue weighted by Crippen LogP contribution is -2.01. The lowest BCUT2D eigenvalue weighted by Gasteiger charge is -2.07. The van der Waals surface area contributed by atoms with E-state index in [-0.39, 0.29) is 11.4 Å². The third kappa shape index (κ3) is 2.64. The summed E-state index contributed by atoms with van der Waals surface area (Å²) >= 11 is 0. The van der Waals surface area contributed by atoms with Crippen LogP contribution < -0.4 is 5.32 Å². The van der Waals surface area contributed by atoms with Crippen molar-refractivity contribution in [2.75, 3.05) is 5.32 Å². The number of benzene rings is 2. The Morgan fingerprint density at radius 2 is 1.40 bits per heavy atom. The van der Waals surface area contributed by atoms with Gasteiger partial charge < -0.3 is 10.4 Å². The van der Waals surface area contributed by atoms with Gasteiger partial charge >= 0.3 is 0 Å². The Morgan fingerprint density at radius 3 is 1.85 bits per heavy atom. The van der Waals surface area contributed by atoms with Gasteiger partial charge in [-0.15, -0.1) is 0 Å². The van der Waals surface area contributed by atoms with Crippen LogP contribution in [-0.2, 0) is 0 Å². The van der Waals surface area contributed by atoms with Crippen molar-refractivity contribution in [3.8, 4) is 5.75 Å². The van der Waals surface area contributed by atoms with Gasteiger partial charge in [-0.05, 0) is 30.3 Å². The number of anilines is 2. The lowest BCUT2D eigenvalue weighted by atomic mass is 10.2. The fourth-order valence-corrected chi connectivity index (χ4v) is 1.65. The summed E-state index contributed by atoms with van der Waals surface area (Å²) in [5.74, 6) is 0.0209. The average Bonchev–Trinajstić information content (AvgIpc) is 2.41. The van der Waals surface area contributed by atoms with Crippen LogP contribution in [0.1, 0.15) is 0 Å². The Morgan fingerprint density at radius 1 is 0.900 bits per heavy atom. The van der Waals surface area contributed by atoms with Gasteiger partial charge in [0.2, 0.25) is 0 Å². The Hall–Kier alpha value is -3.16. The van der Waals surface area contributed by atoms with Crippen molar-refractivity contribution >= 4 is 22.7 Å². The minimum Gasteiger partial charge on any atom is -0.508 e. The van der Waals surface area contributed by atoms with Gasteiger partial charge in [-0.1, -0.05) is 0 Å². The monoisotopic (exact) mass is 275 g/mol. The average molecular weight is 275 g/mol. The predicted octanol–water partition coefficient (Wildman–Crippen LogP) is 2.95. The largest absolute Gasteiger partial charge is 0.508 e. The normalized spacial score (nSPS) is 10.0. The number of aromatic hydroxyl groups is 1. The van der Waals surface area contributed by atoms with Gasteiger partial charge in [0.25, 0.3) is 11.4 Å². The first-order valence-corrected chi connectivity index (χ1v) is 5.47. The van der Waals surface area contributed by atoms with Crippen LogP contribution in [0.25, 0.3) is 0 Å². The molecule has 2 N–H and O–H groups in total. The number of nitrogens with zero attached hydrogens (tertiary/aromatic N) is 2. The molecule has 2 aromatic rings. The molecule has 0 spiro atoms. The van der Waals surface area contributed by atoms with E-state index >= 15 is 0 Å². The molecule has 20 heavy (non-hydrogen) atoms. The maximum Gasteiger partial charge on any atom is 0.299 e. The van der Waals surface area contributed by atoms with Crippen molar-refractivity contribution < 1.29 is 15.0 Å². The predicted molar refractivity (Wildman–Crippen MR) is 71.1 cm³/mol. The van der Waals surface area contributed by atoms with Crippen LogP contribution >= 0.6 is 0 Å². The second kappa shape index (κ2) is 5.22. The van der Waals surface area contributed by atoms with E-state index in [0.29, 0.717) is 5.69 Å². The first-order valence-electron chi connectivity index (χ1n) is 5.47. The summed E-state index contributed by atoms with van der Waals surface area (Å²) in [6.45, 7) is 0. The molecule has 0 fully saturated rings. The van der Waals surface area contributed by atoms with E-state index in [1.807, 2.05) is 0 Å². The van der Waals surface area contributed by atoms with Gasteiger partial charge in [-0.3, -0.25) is 20.2 Å². The van der Waals surface area contributed by atoms with Gasteiger partial charge in [0.15, 0.2) is 5.69 Å². The summed E-state index contributed by atoms with van der Waals surface area (Å²) in [5, 5.41) is 33.7. The van der Waals surface area contributed by atoms with Crippen molar-refractivity contribution in [2.24, 2.45) is 0 Å². The fourth-order valence-electron chi connectivity index (χ4n) is 1.65. The highest BCUT2D eigenvalue weighted by Crippen LogP contribution is 2.36. The maximum atomic E-state index is 10.9. The standard InChI is InChI=1S/C12H9N3O5/c16-9-6-4-8(5-7-9)13-12-10(14(17)18)2-1-3-11(12)15(19)20/h1-7,13,16H. The number of nitro groups is 2. The van der Waals surface area contributed by atoms with Crippen molar-refractivity contribution in [3.63, 3.8) is 0 Å². The summed E-state index contributed by atoms with van der Waals surface area (Å²) in [5.41, 5.74) is -0.604. The number of phenolic OH excluding ortho intramolecular Hbond substituents is 1. The number of nitrogens with one attached hydrogen (secondary N) is 1. The zero-order valence-electron chi connectivity index (χ0n) is 10.0. The molecule has 0 unspecified atom stereocenters. The Bertz CT molecular complexity index is 637. The molecule has 0 amide bonds. The minimum atomic E-state index is -0.699. The fraction of sp³-hybridized carbons (Fsp3) is 0. The third-order valence-corrected chi connectivity index (χ3v) is 2.55. The van der Waals surface area contributed by atoms with E-state index in [2.05, 4.69) is 5.32 Å². The van der Waals surface area contributed by atoms with E-state index in [4.69, 9.17) is 5.11 Å². The summed E-state index contributed by atoms with van der Waals surface area (Å²) in [7, 11) is 0. The number of phenols is 1. The highest BCUT2D eigenvalue weighted by Gasteiger charge is 2.24. The van der Waals surface area contributed by atoms with Crippen LogP contribution in [0.5, 0.6) is 5.75 Å². The zero-order chi connectivity index (χ0) is 14.7. The van der Waals surface area contributed by atoms with Crippen LogP contribution in [0.2, 0.25) is 0 Å². The molecule has 0 aromatic heterocycles. The van der Waals surface area contributed by atoms with Gasteiger partial charge in [0.05, 0.1) is 9.85 Å². The molecular weight excluding hydrogens is 266 g/mol. The van der Waals surface area contributed by atoms with Gasteiger partial charge in [0, 0.05) is 17.8 Å². The molecular formula is C12H9N3O5. The number of rotatable bonds is 4. The molecule has 0 heterocycles. The van der Waals surface area contributed by atoms with Crippen LogP contribution in [0.15, 0.2) is 42.5 Å². The van der Waals surface area contributed by atoms with Gasteiger partial charge in [-0.25, -0.2) is 0 Å². The number of hydrogen-bond acceptors (Lipinski definition) is 6. The molecule has 0 atom stereocenters. The van der Waals surface area contributed by atoms with E-state index in [1.54, 1.807) is 0 Å². The zero-order valence-corrected chi connectivity index (χ0v) is 10.0. The summed E-state index contributed by atoms with van der Waals surface area (Å²) in [6.07, 6.45) is 0. The summed E-state index contributed by atoms with van der Waals surface area (Å²) in [4.78, 5) is 20.5. The minimum absolute atomic E-state index is 0.0209. The molecule has 0 radical (unpaired) electrons. The van der Waals surface area contributed by atoms with Crippen LogP contribution in [-0.4, -0.2) is 15.0 Å². The van der Waals surface area contributed by atoms with E-state index in [9.17, 15) is 20.2 Å². The number of hydrogen-bond donors (Lipinski definition) is 2. The molecule has 0 saturated carbocycles. The lowest BCUT2D eigenvalue weighted by molar-refractivity contribution is -0.392. The Kier molecular flexibility index (Phi) is 3.47. The molecule has 0 bridgehead atoms. The smallest absolute Gasteiger partial charge is 0.299 e. The molecule has 0 aliphatic heterocycles. The Labute approximate surface area is 112 Å². The van der Waals surface area contributed by atoms with E-state index in [0.717, 1.165) is 0 Å². The molecule has 0 saturated heterocycles. The molecule has 2 rings (SSSR count). The second-order valence-corrected chi connectivity index (χ2v) is 3.86. The second-order valence-electron chi connectivity index (χ2n) is 3.86. The highest BCUT2D eigenvalue weighted by molar-refractivity contribution is 5.78. The highest BCUT2D eigenvalue weighted by atomic mass is 16.6. The topological polar surface area (TPSA) is 119 Å². The van der Waals surface area contributed by atoms with Crippen LogP contribution in [0.4, 0.5) is 22.7 Å². The molecule has 8 nitrogen and oxygen atoms in total. The SMILES string of the molecule is O=[N+]([O-])c1cccc([N+](=O)[O-])c1Nc1ccc(O)cc1. The number of para-hydroxylation sites is 1. The molecule has 8 heteroatoms. The third-order valence-electron chi connectivity index (χ3n) is 2.55.